The second-order valence-corrected chi connectivity index (χ2v) is 13.3. The van der Waals surface area contributed by atoms with Crippen LogP contribution in [-0.4, -0.2) is 56.4 Å². The van der Waals surface area contributed by atoms with E-state index in [0.717, 1.165) is 0 Å². The van der Waals surface area contributed by atoms with Gasteiger partial charge in [-0.05, 0) is 106 Å². The summed E-state index contributed by atoms with van der Waals surface area (Å²) in [5.74, 6) is 0. The number of benzene rings is 4. The van der Waals surface area contributed by atoms with Crippen LogP contribution < -0.4 is 19.6 Å². The van der Waals surface area contributed by atoms with Gasteiger partial charge < -0.3 is 19.6 Å². The lowest BCUT2D eigenvalue weighted by Crippen LogP contribution is -2.08. The predicted octanol–water partition coefficient (Wildman–Crippen LogP) is 9.19. The zero-order chi connectivity index (χ0) is 32.1. The summed E-state index contributed by atoms with van der Waals surface area (Å²) in [6.07, 6.45) is 4.66. The van der Waals surface area contributed by atoms with Gasteiger partial charge in [-0.25, -0.2) is 0 Å². The average Bonchev–Trinajstić information content (AvgIpc) is 3.49. The SMILES string of the molecule is CN(C)c1ccc(C(=Cc2ccc(C=C(c3ccc(N(C)C)cc3)c3ccc(N(C)C)cc3)s2)c2ccc(N(C)C)cc2)cc1. The normalized spacial score (nSPS) is 10.7. The van der Waals surface area contributed by atoms with Crippen molar-refractivity contribution in [1.29, 1.82) is 0 Å². The van der Waals surface area contributed by atoms with E-state index in [-0.39, 0.29) is 0 Å². The minimum absolute atomic E-state index is 1.19. The Hall–Kier alpha value is -4.74. The molecule has 5 heteroatoms. The number of rotatable bonds is 10. The predicted molar refractivity (Wildman–Crippen MR) is 201 cm³/mol. The van der Waals surface area contributed by atoms with Gasteiger partial charge in [-0.2, -0.15) is 0 Å². The molecule has 0 fully saturated rings. The Morgan fingerprint density at radius 1 is 0.356 bits per heavy atom. The van der Waals surface area contributed by atoms with E-state index in [4.69, 9.17) is 0 Å². The molecule has 5 rings (SSSR count). The number of hydrogen-bond donors (Lipinski definition) is 0. The Kier molecular flexibility index (Phi) is 9.80. The van der Waals surface area contributed by atoms with Crippen molar-refractivity contribution >= 4 is 57.4 Å². The molecule has 0 saturated heterocycles. The lowest BCUT2D eigenvalue weighted by molar-refractivity contribution is 1.13. The van der Waals surface area contributed by atoms with Crippen molar-refractivity contribution in [3.05, 3.63) is 141 Å². The number of anilines is 4. The van der Waals surface area contributed by atoms with Gasteiger partial charge in [-0.3, -0.25) is 0 Å². The summed E-state index contributed by atoms with van der Waals surface area (Å²) >= 11 is 1.81. The van der Waals surface area contributed by atoms with Crippen molar-refractivity contribution in [2.24, 2.45) is 0 Å². The molecule has 4 aromatic carbocycles. The standard InChI is InChI=1S/C40H44N4S/c1-41(2)33-17-9-29(10-18-33)39(30-11-19-34(20-12-30)42(3)4)27-37-25-26-38(45-37)28-40(31-13-21-35(22-14-31)43(5)6)32-15-23-36(24-16-32)44(7)8/h9-28H,1-8H3. The van der Waals surface area contributed by atoms with Gasteiger partial charge in [0.25, 0.3) is 0 Å². The number of thiophene rings is 1. The molecule has 230 valence electrons. The van der Waals surface area contributed by atoms with Gasteiger partial charge in [0.2, 0.25) is 0 Å². The van der Waals surface area contributed by atoms with E-state index in [0.29, 0.717) is 0 Å². The molecule has 4 nitrogen and oxygen atoms in total. The lowest BCUT2D eigenvalue weighted by Gasteiger charge is -2.16. The second kappa shape index (κ2) is 13.9. The first-order valence-corrected chi connectivity index (χ1v) is 16.0. The molecule has 5 aromatic rings. The van der Waals surface area contributed by atoms with E-state index < -0.39 is 0 Å². The van der Waals surface area contributed by atoms with Crippen LogP contribution in [0.25, 0.3) is 23.3 Å². The third-order valence-electron chi connectivity index (χ3n) is 8.00. The lowest BCUT2D eigenvalue weighted by atomic mass is 9.96. The maximum atomic E-state index is 2.33. The summed E-state index contributed by atoms with van der Waals surface area (Å²) in [5, 5.41) is 0. The molecule has 0 N–H and O–H groups in total. The van der Waals surface area contributed by atoms with Crippen molar-refractivity contribution in [3.63, 3.8) is 0 Å². The Morgan fingerprint density at radius 3 is 0.778 bits per heavy atom. The van der Waals surface area contributed by atoms with Crippen LogP contribution in [0.15, 0.2) is 109 Å². The Morgan fingerprint density at radius 2 is 0.578 bits per heavy atom. The van der Waals surface area contributed by atoms with Crippen LogP contribution in [0.3, 0.4) is 0 Å². The van der Waals surface area contributed by atoms with Crippen molar-refractivity contribution in [3.8, 4) is 0 Å². The molecule has 0 spiro atoms. The Balaban J connectivity index is 1.56. The highest BCUT2D eigenvalue weighted by atomic mass is 32.1. The summed E-state index contributed by atoms with van der Waals surface area (Å²) in [6.45, 7) is 0. The molecule has 0 atom stereocenters. The minimum atomic E-state index is 1.19. The summed E-state index contributed by atoms with van der Waals surface area (Å²) in [5.41, 5.74) is 12.0. The summed E-state index contributed by atoms with van der Waals surface area (Å²) in [6, 6.07) is 39.8. The van der Waals surface area contributed by atoms with Crippen molar-refractivity contribution in [1.82, 2.24) is 0 Å². The first-order valence-electron chi connectivity index (χ1n) is 15.2. The Labute approximate surface area is 273 Å². The Bertz CT molecular complexity index is 1520. The van der Waals surface area contributed by atoms with Gasteiger partial charge in [0.15, 0.2) is 0 Å². The first kappa shape index (κ1) is 31.7. The largest absolute Gasteiger partial charge is 0.378 e. The van der Waals surface area contributed by atoms with Gasteiger partial charge in [-0.1, -0.05) is 48.5 Å². The number of hydrogen-bond acceptors (Lipinski definition) is 5. The zero-order valence-electron chi connectivity index (χ0n) is 27.7. The molecule has 1 heterocycles. The molecule has 0 aliphatic rings. The molecular formula is C40H44N4S. The smallest absolute Gasteiger partial charge is 0.0361 e. The van der Waals surface area contributed by atoms with Crippen LogP contribution in [0.1, 0.15) is 32.0 Å². The van der Waals surface area contributed by atoms with E-state index in [1.54, 1.807) is 0 Å². The molecule has 0 aliphatic carbocycles. The quantitative estimate of drug-likeness (QED) is 0.156. The molecular weight excluding hydrogens is 569 g/mol. The van der Waals surface area contributed by atoms with Gasteiger partial charge in [-0.15, -0.1) is 11.3 Å². The highest BCUT2D eigenvalue weighted by Crippen LogP contribution is 2.34. The van der Waals surface area contributed by atoms with Crippen molar-refractivity contribution in [2.45, 2.75) is 0 Å². The van der Waals surface area contributed by atoms with Crippen molar-refractivity contribution in [2.75, 3.05) is 76.0 Å². The van der Waals surface area contributed by atoms with E-state index in [1.165, 1.54) is 65.9 Å². The fraction of sp³-hybridized carbons (Fsp3) is 0.200. The van der Waals surface area contributed by atoms with Gasteiger partial charge >= 0.3 is 0 Å². The fourth-order valence-electron chi connectivity index (χ4n) is 5.23. The zero-order valence-corrected chi connectivity index (χ0v) is 28.6. The molecule has 0 amide bonds. The highest BCUT2D eigenvalue weighted by Gasteiger charge is 2.11. The van der Waals surface area contributed by atoms with E-state index in [2.05, 4.69) is 197 Å². The van der Waals surface area contributed by atoms with Crippen LogP contribution in [0, 0.1) is 0 Å². The number of nitrogens with zero attached hydrogens (tertiary/aromatic N) is 4. The third-order valence-corrected chi connectivity index (χ3v) is 8.98. The minimum Gasteiger partial charge on any atom is -0.378 e. The molecule has 45 heavy (non-hydrogen) atoms. The molecule has 0 radical (unpaired) electrons. The van der Waals surface area contributed by atoms with Gasteiger partial charge in [0.05, 0.1) is 0 Å². The summed E-state index contributed by atoms with van der Waals surface area (Å²) in [7, 11) is 16.6. The highest BCUT2D eigenvalue weighted by molar-refractivity contribution is 7.13. The van der Waals surface area contributed by atoms with Crippen LogP contribution >= 0.6 is 11.3 Å². The van der Waals surface area contributed by atoms with Crippen LogP contribution in [0.4, 0.5) is 22.7 Å². The van der Waals surface area contributed by atoms with Crippen molar-refractivity contribution < 1.29 is 0 Å². The summed E-state index contributed by atoms with van der Waals surface area (Å²) < 4.78 is 0. The average molecular weight is 613 g/mol. The van der Waals surface area contributed by atoms with Crippen LogP contribution in [-0.2, 0) is 0 Å². The fourth-order valence-corrected chi connectivity index (χ4v) is 6.13. The summed E-state index contributed by atoms with van der Waals surface area (Å²) in [4.78, 5) is 11.0. The molecule has 1 aromatic heterocycles. The molecule has 0 saturated carbocycles. The first-order chi connectivity index (χ1) is 21.6. The van der Waals surface area contributed by atoms with E-state index >= 15 is 0 Å². The van der Waals surface area contributed by atoms with Crippen LogP contribution in [0.5, 0.6) is 0 Å². The van der Waals surface area contributed by atoms with E-state index in [1.807, 2.05) is 11.3 Å². The topological polar surface area (TPSA) is 13.0 Å². The van der Waals surface area contributed by atoms with Gasteiger partial charge in [0.1, 0.15) is 0 Å². The van der Waals surface area contributed by atoms with E-state index in [9.17, 15) is 0 Å². The molecule has 0 unspecified atom stereocenters. The monoisotopic (exact) mass is 612 g/mol. The second-order valence-electron chi connectivity index (χ2n) is 12.1. The maximum absolute atomic E-state index is 2.33. The van der Waals surface area contributed by atoms with Gasteiger partial charge in [0, 0.05) is 88.9 Å². The maximum Gasteiger partial charge on any atom is 0.0361 e. The molecule has 0 bridgehead atoms. The molecule has 0 aliphatic heterocycles. The van der Waals surface area contributed by atoms with Crippen LogP contribution in [0.2, 0.25) is 0 Å². The third kappa shape index (κ3) is 7.68.